The van der Waals surface area contributed by atoms with Gasteiger partial charge in [0, 0.05) is 19.7 Å². The highest BCUT2D eigenvalue weighted by Gasteiger charge is 2.43. The fourth-order valence-corrected chi connectivity index (χ4v) is 4.01. The summed E-state index contributed by atoms with van der Waals surface area (Å²) in [5.41, 5.74) is 4.92. The average Bonchev–Trinajstić information content (AvgIpc) is 3.21. The molecule has 1 atom stereocenters. The molecule has 3 aromatic rings. The van der Waals surface area contributed by atoms with Crippen LogP contribution < -0.4 is 9.80 Å². The molecule has 0 radical (unpaired) electrons. The highest BCUT2D eigenvalue weighted by molar-refractivity contribution is 6.12. The third kappa shape index (κ3) is 3.28. The summed E-state index contributed by atoms with van der Waals surface area (Å²) in [5, 5.41) is 7.42. The first-order valence-corrected chi connectivity index (χ1v) is 9.81. The highest BCUT2D eigenvalue weighted by atomic mass is 19.1. The number of nitrogens with zero attached hydrogens (tertiary/aromatic N) is 3. The predicted molar refractivity (Wildman–Crippen MR) is 113 cm³/mol. The Bertz CT molecular complexity index is 1040. The van der Waals surface area contributed by atoms with Crippen LogP contribution in [0.1, 0.15) is 47.2 Å². The first-order chi connectivity index (χ1) is 13.9. The van der Waals surface area contributed by atoms with Crippen LogP contribution in [-0.4, -0.2) is 30.2 Å². The second-order valence-corrected chi connectivity index (χ2v) is 8.07. The van der Waals surface area contributed by atoms with E-state index in [1.54, 1.807) is 17.0 Å². The van der Waals surface area contributed by atoms with Gasteiger partial charge in [0.1, 0.15) is 11.5 Å². The molecule has 0 saturated heterocycles. The van der Waals surface area contributed by atoms with Crippen molar-refractivity contribution in [1.82, 2.24) is 10.2 Å². The second kappa shape index (κ2) is 7.35. The maximum atomic E-state index is 13.6. The Morgan fingerprint density at radius 1 is 1.14 bits per heavy atom. The molecule has 2 aromatic carbocycles. The summed E-state index contributed by atoms with van der Waals surface area (Å²) in [6, 6.07) is 13.8. The topological polar surface area (TPSA) is 52.2 Å². The van der Waals surface area contributed by atoms with E-state index in [1.165, 1.54) is 12.1 Å². The number of hydrogen-bond donors (Lipinski definition) is 1. The standard InChI is InChI=1S/C23H25FN4O/c1-14(2)13-17-20-21(26-25-17)23(29)28(19-8-6-5-7-18(19)27(3)4)22(20)15-9-11-16(24)12-10-15/h5-12,14,22H,13H2,1-4H3,(H,25,26). The highest BCUT2D eigenvalue weighted by Crippen LogP contribution is 2.45. The van der Waals surface area contributed by atoms with Crippen LogP contribution in [0.4, 0.5) is 15.8 Å². The van der Waals surface area contributed by atoms with Crippen LogP contribution in [0.15, 0.2) is 48.5 Å². The fourth-order valence-electron chi connectivity index (χ4n) is 4.01. The van der Waals surface area contributed by atoms with Crippen molar-refractivity contribution in [3.63, 3.8) is 0 Å². The molecule has 0 spiro atoms. The van der Waals surface area contributed by atoms with Gasteiger partial charge in [0.2, 0.25) is 0 Å². The van der Waals surface area contributed by atoms with E-state index < -0.39 is 0 Å². The smallest absolute Gasteiger partial charge is 0.277 e. The summed E-state index contributed by atoms with van der Waals surface area (Å²) in [5.74, 6) is -0.0197. The molecule has 4 rings (SSSR count). The van der Waals surface area contributed by atoms with Gasteiger partial charge >= 0.3 is 0 Å². The lowest BCUT2D eigenvalue weighted by atomic mass is 9.95. The van der Waals surface area contributed by atoms with Crippen molar-refractivity contribution in [2.24, 2.45) is 5.92 Å². The van der Waals surface area contributed by atoms with Crippen molar-refractivity contribution in [2.45, 2.75) is 26.3 Å². The van der Waals surface area contributed by atoms with Crippen LogP contribution in [0.5, 0.6) is 0 Å². The molecule has 0 fully saturated rings. The minimum Gasteiger partial charge on any atom is -0.376 e. The minimum absolute atomic E-state index is 0.119. The number of H-pyrrole nitrogens is 1. The molecular weight excluding hydrogens is 367 g/mol. The molecule has 29 heavy (non-hydrogen) atoms. The molecule has 1 N–H and O–H groups in total. The first kappa shape index (κ1) is 19.2. The molecule has 0 aliphatic carbocycles. The number of carbonyl (C=O) groups is 1. The maximum absolute atomic E-state index is 13.6. The van der Waals surface area contributed by atoms with E-state index >= 15 is 0 Å². The molecule has 0 bridgehead atoms. The lowest BCUT2D eigenvalue weighted by molar-refractivity contribution is 0.0989. The van der Waals surface area contributed by atoms with Crippen LogP contribution in [-0.2, 0) is 6.42 Å². The lowest BCUT2D eigenvalue weighted by Gasteiger charge is -2.30. The number of anilines is 2. The number of fused-ring (bicyclic) bond motifs is 1. The number of aromatic nitrogens is 2. The Morgan fingerprint density at radius 2 is 1.83 bits per heavy atom. The van der Waals surface area contributed by atoms with Gasteiger partial charge in [0.25, 0.3) is 5.91 Å². The van der Waals surface area contributed by atoms with Crippen molar-refractivity contribution in [1.29, 1.82) is 0 Å². The van der Waals surface area contributed by atoms with E-state index in [-0.39, 0.29) is 17.8 Å². The van der Waals surface area contributed by atoms with Gasteiger partial charge in [-0.1, -0.05) is 38.1 Å². The van der Waals surface area contributed by atoms with Crippen molar-refractivity contribution in [2.75, 3.05) is 23.9 Å². The largest absolute Gasteiger partial charge is 0.376 e. The van der Waals surface area contributed by atoms with Gasteiger partial charge in [-0.3, -0.25) is 14.8 Å². The molecule has 6 heteroatoms. The number of rotatable bonds is 5. The van der Waals surface area contributed by atoms with Gasteiger partial charge in [0.15, 0.2) is 0 Å². The summed E-state index contributed by atoms with van der Waals surface area (Å²) in [6.45, 7) is 4.26. The maximum Gasteiger partial charge on any atom is 0.277 e. The van der Waals surface area contributed by atoms with E-state index in [2.05, 4.69) is 24.0 Å². The van der Waals surface area contributed by atoms with E-state index in [0.29, 0.717) is 11.6 Å². The zero-order valence-corrected chi connectivity index (χ0v) is 17.1. The average molecular weight is 392 g/mol. The van der Waals surface area contributed by atoms with Gasteiger partial charge in [-0.05, 0) is 42.2 Å². The summed E-state index contributed by atoms with van der Waals surface area (Å²) in [4.78, 5) is 17.3. The van der Waals surface area contributed by atoms with Crippen LogP contribution in [0, 0.1) is 11.7 Å². The van der Waals surface area contributed by atoms with E-state index in [1.807, 2.05) is 43.3 Å². The number of halogens is 1. The molecule has 2 heterocycles. The van der Waals surface area contributed by atoms with Crippen LogP contribution in [0.3, 0.4) is 0 Å². The number of carbonyl (C=O) groups excluding carboxylic acids is 1. The third-order valence-corrected chi connectivity index (χ3v) is 5.26. The summed E-state index contributed by atoms with van der Waals surface area (Å²) in [7, 11) is 3.91. The monoisotopic (exact) mass is 392 g/mol. The molecule has 1 aliphatic heterocycles. The van der Waals surface area contributed by atoms with Crippen LogP contribution in [0.2, 0.25) is 0 Å². The minimum atomic E-state index is -0.355. The quantitative estimate of drug-likeness (QED) is 0.692. The van der Waals surface area contributed by atoms with Crippen LogP contribution >= 0.6 is 0 Å². The first-order valence-electron chi connectivity index (χ1n) is 9.81. The molecule has 1 aromatic heterocycles. The summed E-state index contributed by atoms with van der Waals surface area (Å²) in [6.07, 6.45) is 0.764. The molecule has 1 aliphatic rings. The summed E-state index contributed by atoms with van der Waals surface area (Å²) < 4.78 is 13.6. The molecular formula is C23H25FN4O. The number of aromatic amines is 1. The zero-order valence-electron chi connectivity index (χ0n) is 17.1. The Labute approximate surface area is 170 Å². The van der Waals surface area contributed by atoms with Gasteiger partial charge in [-0.2, -0.15) is 5.10 Å². The van der Waals surface area contributed by atoms with Gasteiger partial charge < -0.3 is 4.90 Å². The lowest BCUT2D eigenvalue weighted by Crippen LogP contribution is -2.31. The van der Waals surface area contributed by atoms with E-state index in [4.69, 9.17) is 0 Å². The Hall–Kier alpha value is -3.15. The Balaban J connectivity index is 1.92. The van der Waals surface area contributed by atoms with Crippen molar-refractivity contribution >= 4 is 17.3 Å². The van der Waals surface area contributed by atoms with E-state index in [0.717, 1.165) is 34.6 Å². The molecule has 1 unspecified atom stereocenters. The SMILES string of the molecule is CC(C)Cc1n[nH]c2c1C(c1ccc(F)cc1)N(c1ccccc1N(C)C)C2=O. The second-order valence-electron chi connectivity index (χ2n) is 8.07. The molecule has 5 nitrogen and oxygen atoms in total. The zero-order chi connectivity index (χ0) is 20.7. The predicted octanol–water partition coefficient (Wildman–Crippen LogP) is 4.56. The van der Waals surface area contributed by atoms with E-state index in [9.17, 15) is 9.18 Å². The summed E-state index contributed by atoms with van der Waals surface area (Å²) >= 11 is 0. The molecule has 150 valence electrons. The van der Waals surface area contributed by atoms with Gasteiger partial charge in [-0.15, -0.1) is 0 Å². The third-order valence-electron chi connectivity index (χ3n) is 5.26. The Kier molecular flexibility index (Phi) is 4.86. The van der Waals surface area contributed by atoms with Crippen molar-refractivity contribution < 1.29 is 9.18 Å². The number of benzene rings is 2. The number of nitrogens with one attached hydrogen (secondary N) is 1. The number of amides is 1. The number of para-hydroxylation sites is 2. The van der Waals surface area contributed by atoms with Gasteiger partial charge in [0.05, 0.1) is 23.1 Å². The van der Waals surface area contributed by atoms with Crippen molar-refractivity contribution in [3.8, 4) is 0 Å². The van der Waals surface area contributed by atoms with Gasteiger partial charge in [-0.25, -0.2) is 4.39 Å². The number of hydrogen-bond acceptors (Lipinski definition) is 3. The molecule has 1 amide bonds. The normalized spacial score (nSPS) is 15.9. The Morgan fingerprint density at radius 3 is 2.48 bits per heavy atom. The molecule has 0 saturated carbocycles. The van der Waals surface area contributed by atoms with Crippen molar-refractivity contribution in [3.05, 3.63) is 76.9 Å². The fraction of sp³-hybridized carbons (Fsp3) is 0.304. The van der Waals surface area contributed by atoms with Crippen LogP contribution in [0.25, 0.3) is 0 Å².